The lowest BCUT2D eigenvalue weighted by atomic mass is 10.3. The van der Waals surface area contributed by atoms with E-state index in [2.05, 4.69) is 10.6 Å². The van der Waals surface area contributed by atoms with Crippen LogP contribution in [0.1, 0.15) is 6.42 Å². The van der Waals surface area contributed by atoms with Crippen LogP contribution in [0.3, 0.4) is 0 Å². The van der Waals surface area contributed by atoms with Crippen LogP contribution in [0.5, 0.6) is 0 Å². The van der Waals surface area contributed by atoms with Gasteiger partial charge in [-0.3, -0.25) is 0 Å². The van der Waals surface area contributed by atoms with Gasteiger partial charge in [0.2, 0.25) is 10.0 Å². The molecular formula is C16H27N4O3S2+. The first-order valence-electron chi connectivity index (χ1n) is 8.38. The fourth-order valence-corrected chi connectivity index (χ4v) is 3.74. The fraction of sp³-hybridized carbons (Fsp3) is 0.562. The van der Waals surface area contributed by atoms with Gasteiger partial charge in [0, 0.05) is 32.7 Å². The number of sulfonamides is 1. The summed E-state index contributed by atoms with van der Waals surface area (Å²) in [6.07, 6.45) is 1.02. The van der Waals surface area contributed by atoms with Crippen molar-refractivity contribution in [1.82, 2.24) is 9.62 Å². The molecule has 0 aliphatic carbocycles. The van der Waals surface area contributed by atoms with Crippen molar-refractivity contribution >= 4 is 33.0 Å². The van der Waals surface area contributed by atoms with Crippen LogP contribution in [-0.4, -0.2) is 71.3 Å². The highest BCUT2D eigenvalue weighted by atomic mass is 32.2. The van der Waals surface area contributed by atoms with E-state index in [0.29, 0.717) is 10.8 Å². The van der Waals surface area contributed by atoms with E-state index >= 15 is 0 Å². The summed E-state index contributed by atoms with van der Waals surface area (Å²) < 4.78 is 30.9. The number of thiocarbonyl (C=S) groups is 1. The third-order valence-corrected chi connectivity index (χ3v) is 6.12. The third-order valence-electron chi connectivity index (χ3n) is 4.06. The summed E-state index contributed by atoms with van der Waals surface area (Å²) in [6.45, 7) is 5.69. The van der Waals surface area contributed by atoms with E-state index in [9.17, 15) is 8.42 Å². The predicted molar refractivity (Wildman–Crippen MR) is 103 cm³/mol. The summed E-state index contributed by atoms with van der Waals surface area (Å²) in [5.41, 5.74) is 0.652. The van der Waals surface area contributed by atoms with Gasteiger partial charge < -0.3 is 20.3 Å². The molecule has 140 valence electrons. The zero-order valence-electron chi connectivity index (χ0n) is 14.7. The summed E-state index contributed by atoms with van der Waals surface area (Å²) in [5.74, 6) is 0. The van der Waals surface area contributed by atoms with Crippen molar-refractivity contribution in [2.24, 2.45) is 0 Å². The molecule has 1 saturated heterocycles. The minimum absolute atomic E-state index is 0.237. The molecule has 1 aliphatic rings. The molecule has 0 spiro atoms. The molecule has 9 heteroatoms. The highest BCUT2D eigenvalue weighted by Gasteiger charge is 2.17. The summed E-state index contributed by atoms with van der Waals surface area (Å²) in [6, 6.07) is 6.65. The molecular weight excluding hydrogens is 360 g/mol. The molecule has 0 amide bonds. The Morgan fingerprint density at radius 1 is 1.32 bits per heavy atom. The minimum atomic E-state index is -3.45. The van der Waals surface area contributed by atoms with Gasteiger partial charge in [-0.05, 0) is 30.4 Å². The topological polar surface area (TPSA) is 75.1 Å². The third kappa shape index (κ3) is 6.19. The predicted octanol–water partition coefficient (Wildman–Crippen LogP) is -0.471. The lowest BCUT2D eigenvalue weighted by Crippen LogP contribution is -3.14. The van der Waals surface area contributed by atoms with Gasteiger partial charge in [0.15, 0.2) is 5.11 Å². The van der Waals surface area contributed by atoms with Gasteiger partial charge >= 0.3 is 0 Å². The summed E-state index contributed by atoms with van der Waals surface area (Å²) >= 11 is 5.29. The number of quaternary nitrogens is 1. The number of benzene rings is 1. The number of ether oxygens (including phenoxy) is 1. The van der Waals surface area contributed by atoms with E-state index in [1.807, 2.05) is 0 Å². The van der Waals surface area contributed by atoms with Crippen molar-refractivity contribution in [1.29, 1.82) is 0 Å². The zero-order chi connectivity index (χ0) is 18.3. The van der Waals surface area contributed by atoms with Gasteiger partial charge in [-0.2, -0.15) is 0 Å². The quantitative estimate of drug-likeness (QED) is 0.434. The van der Waals surface area contributed by atoms with E-state index in [-0.39, 0.29) is 4.90 Å². The van der Waals surface area contributed by atoms with Crippen molar-refractivity contribution in [3.63, 3.8) is 0 Å². The number of nitrogens with zero attached hydrogens (tertiary/aromatic N) is 1. The minimum Gasteiger partial charge on any atom is -0.370 e. The highest BCUT2D eigenvalue weighted by molar-refractivity contribution is 7.89. The fourth-order valence-electron chi connectivity index (χ4n) is 2.57. The van der Waals surface area contributed by atoms with E-state index in [1.165, 1.54) is 18.4 Å². The molecule has 3 N–H and O–H groups in total. The molecule has 0 aromatic heterocycles. The van der Waals surface area contributed by atoms with E-state index in [1.54, 1.807) is 29.2 Å². The van der Waals surface area contributed by atoms with Crippen LogP contribution in [0.2, 0.25) is 0 Å². The monoisotopic (exact) mass is 387 g/mol. The summed E-state index contributed by atoms with van der Waals surface area (Å²) in [5, 5.41) is 6.71. The van der Waals surface area contributed by atoms with Gasteiger partial charge in [0.1, 0.15) is 13.1 Å². The first kappa shape index (κ1) is 20.1. The molecule has 0 radical (unpaired) electrons. The average Bonchev–Trinajstić information content (AvgIpc) is 2.60. The van der Waals surface area contributed by atoms with Crippen LogP contribution in [-0.2, 0) is 14.8 Å². The standard InChI is InChI=1S/C16H26N4O3S2/c1-19(2)25(21,22)15-6-3-5-14(13-15)18-16(24)17-7-4-8-20-9-11-23-12-10-20/h3,5-6,13H,4,7-12H2,1-2H3,(H2,17,18,24)/p+1. The molecule has 1 aromatic rings. The van der Waals surface area contributed by atoms with E-state index < -0.39 is 10.0 Å². The number of hydrogen-bond acceptors (Lipinski definition) is 4. The largest absolute Gasteiger partial charge is 0.370 e. The molecule has 1 fully saturated rings. The normalized spacial score (nSPS) is 16.0. The number of morpholine rings is 1. The van der Waals surface area contributed by atoms with E-state index in [0.717, 1.165) is 45.8 Å². The van der Waals surface area contributed by atoms with E-state index in [4.69, 9.17) is 17.0 Å². The molecule has 1 aromatic carbocycles. The smallest absolute Gasteiger partial charge is 0.242 e. The maximum Gasteiger partial charge on any atom is 0.242 e. The molecule has 2 rings (SSSR count). The molecule has 0 saturated carbocycles. The lowest BCUT2D eigenvalue weighted by molar-refractivity contribution is -0.908. The Labute approximate surface area is 155 Å². The Morgan fingerprint density at radius 2 is 2.04 bits per heavy atom. The second-order valence-corrected chi connectivity index (χ2v) is 8.72. The van der Waals surface area contributed by atoms with Crippen molar-refractivity contribution in [3.05, 3.63) is 24.3 Å². The molecule has 7 nitrogen and oxygen atoms in total. The van der Waals surface area contributed by atoms with Gasteiger partial charge in [0.25, 0.3) is 0 Å². The number of nitrogens with one attached hydrogen (secondary N) is 3. The molecule has 0 atom stereocenters. The van der Waals surface area contributed by atoms with Crippen LogP contribution in [0.4, 0.5) is 5.69 Å². The van der Waals surface area contributed by atoms with Gasteiger partial charge in [-0.15, -0.1) is 0 Å². The summed E-state index contributed by atoms with van der Waals surface area (Å²) in [4.78, 5) is 1.80. The van der Waals surface area contributed by atoms with Crippen molar-refractivity contribution in [2.75, 3.05) is 58.8 Å². The molecule has 1 heterocycles. The highest BCUT2D eigenvalue weighted by Crippen LogP contribution is 2.17. The molecule has 1 aliphatic heterocycles. The van der Waals surface area contributed by atoms with Crippen LogP contribution < -0.4 is 15.5 Å². The first-order chi connectivity index (χ1) is 11.9. The first-order valence-corrected chi connectivity index (χ1v) is 10.2. The molecule has 0 bridgehead atoms. The number of anilines is 1. The average molecular weight is 388 g/mol. The van der Waals surface area contributed by atoms with Crippen LogP contribution in [0.15, 0.2) is 29.2 Å². The second kappa shape index (κ2) is 9.44. The van der Waals surface area contributed by atoms with Crippen molar-refractivity contribution in [2.45, 2.75) is 11.3 Å². The SMILES string of the molecule is CN(C)S(=O)(=O)c1cccc(NC(=S)NCCC[NH+]2CCOCC2)c1. The van der Waals surface area contributed by atoms with Crippen LogP contribution >= 0.6 is 12.2 Å². The Morgan fingerprint density at radius 3 is 2.72 bits per heavy atom. The number of hydrogen-bond donors (Lipinski definition) is 3. The molecule has 25 heavy (non-hydrogen) atoms. The van der Waals surface area contributed by atoms with Gasteiger partial charge in [-0.25, -0.2) is 12.7 Å². The van der Waals surface area contributed by atoms with Crippen LogP contribution in [0, 0.1) is 0 Å². The lowest BCUT2D eigenvalue weighted by Gasteiger charge is -2.23. The molecule has 0 unspecified atom stereocenters. The Balaban J connectivity index is 1.78. The van der Waals surface area contributed by atoms with Gasteiger partial charge in [-0.1, -0.05) is 6.07 Å². The van der Waals surface area contributed by atoms with Crippen molar-refractivity contribution in [3.8, 4) is 0 Å². The van der Waals surface area contributed by atoms with Gasteiger partial charge in [0.05, 0.1) is 24.7 Å². The second-order valence-electron chi connectivity index (χ2n) is 6.16. The number of rotatable bonds is 7. The Kier molecular flexibility index (Phi) is 7.57. The van der Waals surface area contributed by atoms with Crippen molar-refractivity contribution < 1.29 is 18.1 Å². The summed E-state index contributed by atoms with van der Waals surface area (Å²) in [7, 11) is -0.428. The van der Waals surface area contributed by atoms with Crippen LogP contribution in [0.25, 0.3) is 0 Å². The Bertz CT molecular complexity index is 674. The Hall–Kier alpha value is -1.26. The maximum absolute atomic E-state index is 12.2. The maximum atomic E-state index is 12.2. The zero-order valence-corrected chi connectivity index (χ0v) is 16.4.